The zero-order valence-corrected chi connectivity index (χ0v) is 19.0. The second kappa shape index (κ2) is 9.13. The topological polar surface area (TPSA) is 84.0 Å². The van der Waals surface area contributed by atoms with E-state index in [1.807, 2.05) is 4.90 Å². The fraction of sp³-hybridized carbons (Fsp3) is 0.500. The van der Waals surface area contributed by atoms with Crippen molar-refractivity contribution in [2.75, 3.05) is 50.6 Å². The van der Waals surface area contributed by atoms with Gasteiger partial charge in [-0.2, -0.15) is 0 Å². The molecule has 0 radical (unpaired) electrons. The third-order valence-electron chi connectivity index (χ3n) is 5.91. The number of rotatable bonds is 5. The molecule has 0 spiro atoms. The average molecular weight is 445 g/mol. The summed E-state index contributed by atoms with van der Waals surface area (Å²) in [6.45, 7) is 4.68. The molecule has 9 heteroatoms. The third kappa shape index (κ3) is 4.76. The van der Waals surface area contributed by atoms with E-state index in [9.17, 15) is 9.59 Å². The van der Waals surface area contributed by atoms with Gasteiger partial charge in [0.05, 0.1) is 19.9 Å². The molecule has 1 aliphatic heterocycles. The Labute approximate surface area is 186 Å². The molecule has 2 aromatic rings. The van der Waals surface area contributed by atoms with E-state index in [2.05, 4.69) is 10.2 Å². The van der Waals surface area contributed by atoms with Crippen LogP contribution >= 0.6 is 11.3 Å². The molecule has 0 unspecified atom stereocenters. The molecule has 1 fully saturated rings. The van der Waals surface area contributed by atoms with Crippen LogP contribution in [0.3, 0.4) is 0 Å². The van der Waals surface area contributed by atoms with Gasteiger partial charge in [-0.3, -0.25) is 9.59 Å². The Bertz CT molecular complexity index is 946. The highest BCUT2D eigenvalue weighted by Gasteiger charge is 2.29. The molecule has 1 aromatic carbocycles. The van der Waals surface area contributed by atoms with Gasteiger partial charge in [0.25, 0.3) is 0 Å². The monoisotopic (exact) mass is 444 g/mol. The molecule has 2 amide bonds. The Morgan fingerprint density at radius 1 is 1.10 bits per heavy atom. The van der Waals surface area contributed by atoms with Crippen LogP contribution in [0, 0.1) is 5.92 Å². The molecule has 8 nitrogen and oxygen atoms in total. The second-order valence-corrected chi connectivity index (χ2v) is 8.95. The predicted molar refractivity (Wildman–Crippen MR) is 120 cm³/mol. The number of ether oxygens (including phenoxy) is 2. The molecule has 31 heavy (non-hydrogen) atoms. The van der Waals surface area contributed by atoms with Gasteiger partial charge >= 0.3 is 0 Å². The lowest BCUT2D eigenvalue weighted by Crippen LogP contribution is -2.48. The summed E-state index contributed by atoms with van der Waals surface area (Å²) >= 11 is 1.68. The molecule has 1 atom stereocenters. The number of benzene rings is 1. The molecule has 1 aromatic heterocycles. The van der Waals surface area contributed by atoms with Crippen LogP contribution < -0.4 is 19.7 Å². The lowest BCUT2D eigenvalue weighted by atomic mass is 9.90. The number of carbonyl (C=O) groups is 2. The van der Waals surface area contributed by atoms with Crippen molar-refractivity contribution in [1.29, 1.82) is 0 Å². The molecule has 4 rings (SSSR count). The highest BCUT2D eigenvalue weighted by atomic mass is 32.1. The van der Waals surface area contributed by atoms with Crippen LogP contribution in [0.1, 0.15) is 23.9 Å². The number of fused-ring (bicyclic) bond motifs is 1. The van der Waals surface area contributed by atoms with Gasteiger partial charge in [0.1, 0.15) is 11.5 Å². The summed E-state index contributed by atoms with van der Waals surface area (Å²) in [5.41, 5.74) is 1.78. The van der Waals surface area contributed by atoms with E-state index >= 15 is 0 Å². The largest absolute Gasteiger partial charge is 0.497 e. The fourth-order valence-electron chi connectivity index (χ4n) is 4.06. The van der Waals surface area contributed by atoms with Crippen molar-refractivity contribution in [3.8, 4) is 11.5 Å². The number of nitrogens with one attached hydrogen (secondary N) is 1. The maximum Gasteiger partial charge on any atom is 0.227 e. The minimum Gasteiger partial charge on any atom is -0.497 e. The van der Waals surface area contributed by atoms with Crippen LogP contribution in [-0.2, 0) is 22.4 Å². The number of hydrogen-bond donors (Lipinski definition) is 1. The maximum atomic E-state index is 12.9. The van der Waals surface area contributed by atoms with Crippen LogP contribution in [0.4, 0.5) is 10.8 Å². The normalized spacial score (nSPS) is 18.4. The Balaban J connectivity index is 1.40. The number of aromatic nitrogens is 1. The quantitative estimate of drug-likeness (QED) is 0.763. The van der Waals surface area contributed by atoms with Crippen LogP contribution in [0.2, 0.25) is 0 Å². The first-order chi connectivity index (χ1) is 15.0. The summed E-state index contributed by atoms with van der Waals surface area (Å²) in [6, 6.07) is 5.36. The number of nitrogens with zero attached hydrogens (tertiary/aromatic N) is 3. The molecule has 0 saturated carbocycles. The van der Waals surface area contributed by atoms with Crippen LogP contribution in [0.25, 0.3) is 0 Å². The first-order valence-corrected chi connectivity index (χ1v) is 11.3. The lowest BCUT2D eigenvalue weighted by molar-refractivity contribution is -0.129. The summed E-state index contributed by atoms with van der Waals surface area (Å²) in [5, 5.41) is 4.02. The molecule has 1 saturated heterocycles. The van der Waals surface area contributed by atoms with Gasteiger partial charge in [0, 0.05) is 67.8 Å². The van der Waals surface area contributed by atoms with Crippen LogP contribution in [-0.4, -0.2) is 62.1 Å². The zero-order valence-electron chi connectivity index (χ0n) is 18.1. The summed E-state index contributed by atoms with van der Waals surface area (Å²) in [4.78, 5) is 34.6. The van der Waals surface area contributed by atoms with E-state index in [4.69, 9.17) is 14.5 Å². The summed E-state index contributed by atoms with van der Waals surface area (Å²) in [6.07, 6.45) is 2.29. The van der Waals surface area contributed by atoms with Crippen molar-refractivity contribution in [2.45, 2.75) is 26.2 Å². The van der Waals surface area contributed by atoms with Gasteiger partial charge in [-0.05, 0) is 19.3 Å². The zero-order chi connectivity index (χ0) is 22.0. The highest BCUT2D eigenvalue weighted by Crippen LogP contribution is 2.35. The minimum atomic E-state index is -0.0902. The summed E-state index contributed by atoms with van der Waals surface area (Å²) < 4.78 is 10.6. The third-order valence-corrected chi connectivity index (χ3v) is 7.09. The predicted octanol–water partition coefficient (Wildman–Crippen LogP) is 2.57. The fourth-order valence-corrected chi connectivity index (χ4v) is 5.29. The maximum absolute atomic E-state index is 12.9. The number of thiazole rings is 1. The summed E-state index contributed by atoms with van der Waals surface area (Å²) in [5.74, 6) is 1.31. The highest BCUT2D eigenvalue weighted by molar-refractivity contribution is 7.15. The van der Waals surface area contributed by atoms with Crippen LogP contribution in [0.5, 0.6) is 11.5 Å². The molecule has 1 aliphatic carbocycles. The summed E-state index contributed by atoms with van der Waals surface area (Å²) in [7, 11) is 3.18. The van der Waals surface area contributed by atoms with Crippen LogP contribution in [0.15, 0.2) is 18.2 Å². The Kier molecular flexibility index (Phi) is 6.31. The first kappa shape index (κ1) is 21.4. The Hall–Kier alpha value is -2.81. The molecule has 166 valence electrons. The van der Waals surface area contributed by atoms with E-state index in [0.717, 1.165) is 49.8 Å². The van der Waals surface area contributed by atoms with Crippen molar-refractivity contribution in [3.05, 3.63) is 28.8 Å². The minimum absolute atomic E-state index is 0.00554. The molecular formula is C22H28N4O4S. The van der Waals surface area contributed by atoms with Gasteiger partial charge in [-0.1, -0.05) is 0 Å². The van der Waals surface area contributed by atoms with E-state index < -0.39 is 0 Å². The molecule has 2 heterocycles. The van der Waals surface area contributed by atoms with Gasteiger partial charge < -0.3 is 24.6 Å². The molecular weight excluding hydrogens is 416 g/mol. The van der Waals surface area contributed by atoms with Gasteiger partial charge in [-0.25, -0.2) is 4.98 Å². The van der Waals surface area contributed by atoms with Gasteiger partial charge in [0.15, 0.2) is 5.13 Å². The number of hydrogen-bond acceptors (Lipinski definition) is 7. The molecule has 1 N–H and O–H groups in total. The van der Waals surface area contributed by atoms with Crippen molar-refractivity contribution in [1.82, 2.24) is 9.88 Å². The van der Waals surface area contributed by atoms with Gasteiger partial charge in [0.2, 0.25) is 11.8 Å². The van der Waals surface area contributed by atoms with E-state index in [1.54, 1.807) is 50.7 Å². The number of anilines is 2. The number of amides is 2. The second-order valence-electron chi connectivity index (χ2n) is 7.89. The van der Waals surface area contributed by atoms with E-state index in [1.165, 1.54) is 4.88 Å². The molecule has 0 bridgehead atoms. The van der Waals surface area contributed by atoms with Crippen molar-refractivity contribution in [3.63, 3.8) is 0 Å². The van der Waals surface area contributed by atoms with Crippen molar-refractivity contribution < 1.29 is 19.1 Å². The standard InChI is InChI=1S/C22H28N4O4S/c1-14(27)25-6-8-26(9-7-25)22-24-19-5-4-15(10-20(19)31-22)21(28)23-16-11-17(29-2)13-18(12-16)30-3/h11-13,15H,4-10H2,1-3H3,(H,23,28)/t15-/m0/s1. The van der Waals surface area contributed by atoms with E-state index in [-0.39, 0.29) is 17.7 Å². The Morgan fingerprint density at radius 3 is 2.39 bits per heavy atom. The number of carbonyl (C=O) groups excluding carboxylic acids is 2. The number of aryl methyl sites for hydroxylation is 1. The first-order valence-electron chi connectivity index (χ1n) is 10.5. The SMILES string of the molecule is COc1cc(NC(=O)[C@H]2CCc3nc(N4CCN(C(C)=O)CC4)sc3C2)cc(OC)c1. The lowest BCUT2D eigenvalue weighted by Gasteiger charge is -2.33. The van der Waals surface area contributed by atoms with Gasteiger partial charge in [-0.15, -0.1) is 11.3 Å². The van der Waals surface area contributed by atoms with Crippen molar-refractivity contribution >= 4 is 34.0 Å². The van der Waals surface area contributed by atoms with Crippen molar-refractivity contribution in [2.24, 2.45) is 5.92 Å². The molecule has 2 aliphatic rings. The number of methoxy groups -OCH3 is 2. The average Bonchev–Trinajstić information content (AvgIpc) is 3.22. The number of piperazine rings is 1. The smallest absolute Gasteiger partial charge is 0.227 e. The Morgan fingerprint density at radius 2 is 1.77 bits per heavy atom. The van der Waals surface area contributed by atoms with E-state index in [0.29, 0.717) is 23.6 Å².